The summed E-state index contributed by atoms with van der Waals surface area (Å²) in [5.74, 6) is -0.679. The first-order chi connectivity index (χ1) is 12.8. The first-order valence-electron chi connectivity index (χ1n) is 7.94. The van der Waals surface area contributed by atoms with E-state index in [4.69, 9.17) is 21.1 Å². The van der Waals surface area contributed by atoms with Crippen LogP contribution in [-0.4, -0.2) is 29.5 Å². The van der Waals surface area contributed by atoms with Gasteiger partial charge in [0.2, 0.25) is 0 Å². The Morgan fingerprint density at radius 2 is 1.85 bits per heavy atom. The minimum Gasteiger partial charge on any atom is -0.491 e. The van der Waals surface area contributed by atoms with Crippen LogP contribution in [0.3, 0.4) is 0 Å². The van der Waals surface area contributed by atoms with Gasteiger partial charge in [0.15, 0.2) is 6.61 Å². The maximum Gasteiger partial charge on any atom is 0.338 e. The molecule has 0 aliphatic rings. The highest BCUT2D eigenvalue weighted by Gasteiger charge is 2.14. The minimum atomic E-state index is -0.670. The van der Waals surface area contributed by atoms with Gasteiger partial charge in [-0.2, -0.15) is 0 Å². The number of ether oxygens (including phenoxy) is 2. The van der Waals surface area contributed by atoms with E-state index < -0.39 is 23.4 Å². The summed E-state index contributed by atoms with van der Waals surface area (Å²) < 4.78 is 10.4. The number of anilines is 1. The Morgan fingerprint density at radius 1 is 1.19 bits per heavy atom. The highest BCUT2D eigenvalue weighted by atomic mass is 35.5. The summed E-state index contributed by atoms with van der Waals surface area (Å²) in [5, 5.41) is 13.1. The number of amides is 1. The summed E-state index contributed by atoms with van der Waals surface area (Å²) in [6.07, 6.45) is 0.0118. The van der Waals surface area contributed by atoms with Crippen LogP contribution >= 0.6 is 11.6 Å². The molecule has 2 aromatic rings. The van der Waals surface area contributed by atoms with Crippen molar-refractivity contribution in [1.82, 2.24) is 0 Å². The number of hydrogen-bond acceptors (Lipinski definition) is 6. The van der Waals surface area contributed by atoms with Gasteiger partial charge in [0, 0.05) is 12.1 Å². The zero-order valence-corrected chi connectivity index (χ0v) is 15.4. The van der Waals surface area contributed by atoms with Gasteiger partial charge in [-0.3, -0.25) is 14.9 Å². The minimum absolute atomic E-state index is 0.00428. The van der Waals surface area contributed by atoms with Crippen LogP contribution in [0.2, 0.25) is 5.02 Å². The Kier molecular flexibility index (Phi) is 6.73. The predicted molar refractivity (Wildman–Crippen MR) is 99.2 cm³/mol. The number of carbonyl (C=O) groups excluding carboxylic acids is 2. The average Bonchev–Trinajstić information content (AvgIpc) is 2.61. The van der Waals surface area contributed by atoms with E-state index in [1.165, 1.54) is 24.3 Å². The van der Waals surface area contributed by atoms with Gasteiger partial charge in [-0.25, -0.2) is 4.79 Å². The van der Waals surface area contributed by atoms with Gasteiger partial charge in [-0.15, -0.1) is 0 Å². The first-order valence-corrected chi connectivity index (χ1v) is 8.31. The number of nitro benzene ring substituents is 1. The SMILES string of the molecule is CC(C)Oc1ccc(C(=O)OCC(=O)Nc2ccc([N+](=O)[O-])cc2Cl)cc1. The third-order valence-electron chi connectivity index (χ3n) is 3.23. The van der Waals surface area contributed by atoms with Crippen molar-refractivity contribution in [2.24, 2.45) is 0 Å². The van der Waals surface area contributed by atoms with Crippen LogP contribution in [0, 0.1) is 10.1 Å². The van der Waals surface area contributed by atoms with Crippen LogP contribution in [-0.2, 0) is 9.53 Å². The summed E-state index contributed by atoms with van der Waals surface area (Å²) in [6, 6.07) is 9.95. The molecule has 27 heavy (non-hydrogen) atoms. The molecule has 0 saturated carbocycles. The van der Waals surface area contributed by atoms with E-state index in [1.54, 1.807) is 12.1 Å². The Bertz CT molecular complexity index is 851. The molecule has 0 unspecified atom stereocenters. The van der Waals surface area contributed by atoms with Crippen molar-refractivity contribution in [1.29, 1.82) is 0 Å². The number of nitrogens with zero attached hydrogens (tertiary/aromatic N) is 1. The van der Waals surface area contributed by atoms with Crippen LogP contribution in [0.4, 0.5) is 11.4 Å². The standard InChI is InChI=1S/C18H17ClN2O6/c1-11(2)27-14-6-3-12(4-7-14)18(23)26-10-17(22)20-16-8-5-13(21(24)25)9-15(16)19/h3-9,11H,10H2,1-2H3,(H,20,22). The molecule has 0 spiro atoms. The zero-order chi connectivity index (χ0) is 20.0. The molecule has 1 N–H and O–H groups in total. The molecular weight excluding hydrogens is 376 g/mol. The maximum atomic E-state index is 12.0. The van der Waals surface area contributed by atoms with E-state index in [0.29, 0.717) is 5.75 Å². The van der Waals surface area contributed by atoms with Crippen molar-refractivity contribution in [3.05, 3.63) is 63.2 Å². The molecule has 1 amide bonds. The third-order valence-corrected chi connectivity index (χ3v) is 3.55. The van der Waals surface area contributed by atoms with Crippen molar-refractivity contribution >= 4 is 34.9 Å². The van der Waals surface area contributed by atoms with Gasteiger partial charge in [0.25, 0.3) is 11.6 Å². The number of esters is 1. The molecule has 0 heterocycles. The van der Waals surface area contributed by atoms with Crippen molar-refractivity contribution in [2.45, 2.75) is 20.0 Å². The quantitative estimate of drug-likeness (QED) is 0.436. The molecule has 0 atom stereocenters. The van der Waals surface area contributed by atoms with Gasteiger partial charge < -0.3 is 14.8 Å². The second kappa shape index (κ2) is 9.00. The normalized spacial score (nSPS) is 10.4. The number of nitro groups is 1. The summed E-state index contributed by atoms with van der Waals surface area (Å²) in [5.41, 5.74) is 0.250. The lowest BCUT2D eigenvalue weighted by Gasteiger charge is -2.10. The lowest BCUT2D eigenvalue weighted by Crippen LogP contribution is -2.21. The number of benzene rings is 2. The number of non-ortho nitro benzene ring substituents is 1. The van der Waals surface area contributed by atoms with Gasteiger partial charge in [-0.05, 0) is 44.2 Å². The Balaban J connectivity index is 1.89. The Labute approximate surface area is 160 Å². The van der Waals surface area contributed by atoms with Gasteiger partial charge in [0.1, 0.15) is 5.75 Å². The summed E-state index contributed by atoms with van der Waals surface area (Å²) >= 11 is 5.89. The highest BCUT2D eigenvalue weighted by molar-refractivity contribution is 6.34. The van der Waals surface area contributed by atoms with E-state index in [1.807, 2.05) is 13.8 Å². The predicted octanol–water partition coefficient (Wildman–Crippen LogP) is 3.83. The number of rotatable bonds is 7. The average molecular weight is 393 g/mol. The van der Waals surface area contributed by atoms with Gasteiger partial charge in [0.05, 0.1) is 27.3 Å². The molecule has 2 rings (SSSR count). The molecule has 0 bridgehead atoms. The molecule has 0 aliphatic heterocycles. The molecule has 0 aliphatic carbocycles. The lowest BCUT2D eigenvalue weighted by atomic mass is 10.2. The molecule has 2 aromatic carbocycles. The topological polar surface area (TPSA) is 108 Å². The van der Waals surface area contributed by atoms with E-state index in [9.17, 15) is 19.7 Å². The molecule has 9 heteroatoms. The summed E-state index contributed by atoms with van der Waals surface area (Å²) in [7, 11) is 0. The molecule has 0 saturated heterocycles. The maximum absolute atomic E-state index is 12.0. The second-order valence-corrected chi connectivity index (χ2v) is 6.14. The number of nitrogens with one attached hydrogen (secondary N) is 1. The number of carbonyl (C=O) groups is 2. The molecule has 0 aromatic heterocycles. The Morgan fingerprint density at radius 3 is 2.41 bits per heavy atom. The molecular formula is C18H17ClN2O6. The van der Waals surface area contributed by atoms with Crippen molar-refractivity contribution in [2.75, 3.05) is 11.9 Å². The number of halogens is 1. The smallest absolute Gasteiger partial charge is 0.338 e. The van der Waals surface area contributed by atoms with E-state index in [0.717, 1.165) is 6.07 Å². The van der Waals surface area contributed by atoms with Gasteiger partial charge in [-0.1, -0.05) is 11.6 Å². The van der Waals surface area contributed by atoms with Crippen molar-refractivity contribution in [3.63, 3.8) is 0 Å². The number of hydrogen-bond donors (Lipinski definition) is 1. The van der Waals surface area contributed by atoms with E-state index in [2.05, 4.69) is 5.32 Å². The van der Waals surface area contributed by atoms with Crippen LogP contribution in [0.5, 0.6) is 5.75 Å². The molecule has 0 radical (unpaired) electrons. The molecule has 8 nitrogen and oxygen atoms in total. The van der Waals surface area contributed by atoms with E-state index >= 15 is 0 Å². The third kappa shape index (κ3) is 5.96. The van der Waals surface area contributed by atoms with Crippen LogP contribution < -0.4 is 10.1 Å². The fourth-order valence-corrected chi connectivity index (χ4v) is 2.28. The Hall–Kier alpha value is -3.13. The second-order valence-electron chi connectivity index (χ2n) is 5.74. The van der Waals surface area contributed by atoms with Crippen LogP contribution in [0.1, 0.15) is 24.2 Å². The zero-order valence-electron chi connectivity index (χ0n) is 14.6. The van der Waals surface area contributed by atoms with E-state index in [-0.39, 0.29) is 28.1 Å². The largest absolute Gasteiger partial charge is 0.491 e. The summed E-state index contributed by atoms with van der Waals surface area (Å²) in [6.45, 7) is 3.24. The monoisotopic (exact) mass is 392 g/mol. The summed E-state index contributed by atoms with van der Waals surface area (Å²) in [4.78, 5) is 33.9. The fourth-order valence-electron chi connectivity index (χ4n) is 2.06. The van der Waals surface area contributed by atoms with Crippen molar-refractivity contribution in [3.8, 4) is 5.75 Å². The lowest BCUT2D eigenvalue weighted by molar-refractivity contribution is -0.384. The fraction of sp³-hybridized carbons (Fsp3) is 0.222. The molecule has 142 valence electrons. The van der Waals surface area contributed by atoms with Gasteiger partial charge >= 0.3 is 5.97 Å². The highest BCUT2D eigenvalue weighted by Crippen LogP contribution is 2.26. The van der Waals surface area contributed by atoms with Crippen LogP contribution in [0.25, 0.3) is 0 Å². The van der Waals surface area contributed by atoms with Crippen molar-refractivity contribution < 1.29 is 24.0 Å². The van der Waals surface area contributed by atoms with Crippen LogP contribution in [0.15, 0.2) is 42.5 Å². The molecule has 0 fully saturated rings. The first kappa shape index (κ1) is 20.2.